The van der Waals surface area contributed by atoms with Gasteiger partial charge in [0, 0.05) is 22.0 Å². The van der Waals surface area contributed by atoms with Crippen LogP contribution in [0.4, 0.5) is 0 Å². The number of hydrogen-bond acceptors (Lipinski definition) is 1. The third-order valence-corrected chi connectivity index (χ3v) is 5.52. The standard InChI is InChI=1S/C27H17N2/c1-3-11-19(12-4-1)27-28-25-23-17-9-7-15-21(23)22-16-8-10-18-24(22)26(25)29(27)20-13-5-2-6-14-20/h2-18H. The van der Waals surface area contributed by atoms with E-state index in [1.165, 1.54) is 21.5 Å². The normalized spacial score (nSPS) is 11.4. The number of rotatable bonds is 2. The van der Waals surface area contributed by atoms with E-state index in [-0.39, 0.29) is 0 Å². The molecule has 0 aliphatic heterocycles. The van der Waals surface area contributed by atoms with Crippen molar-refractivity contribution in [2.75, 3.05) is 0 Å². The molecule has 0 saturated heterocycles. The van der Waals surface area contributed by atoms with Gasteiger partial charge >= 0.3 is 0 Å². The predicted octanol–water partition coefficient (Wildman–Crippen LogP) is 6.80. The Morgan fingerprint density at radius 1 is 0.586 bits per heavy atom. The summed E-state index contributed by atoms with van der Waals surface area (Å²) >= 11 is 0. The molecule has 1 radical (unpaired) electrons. The fourth-order valence-corrected chi connectivity index (χ4v) is 4.26. The summed E-state index contributed by atoms with van der Waals surface area (Å²) in [6.45, 7) is 0. The second-order valence-electron chi connectivity index (χ2n) is 7.18. The van der Waals surface area contributed by atoms with Gasteiger partial charge in [0.2, 0.25) is 0 Å². The number of benzene rings is 5. The van der Waals surface area contributed by atoms with E-state index in [1.54, 1.807) is 0 Å². The molecule has 6 aromatic rings. The molecular formula is C27H17N2. The first-order chi connectivity index (χ1) is 14.4. The van der Waals surface area contributed by atoms with Crippen LogP contribution in [0.5, 0.6) is 0 Å². The highest BCUT2D eigenvalue weighted by atomic mass is 15.1. The Morgan fingerprint density at radius 2 is 1.17 bits per heavy atom. The molecule has 0 saturated carbocycles. The molecule has 0 N–H and O–H groups in total. The smallest absolute Gasteiger partial charge is 0.145 e. The molecule has 29 heavy (non-hydrogen) atoms. The summed E-state index contributed by atoms with van der Waals surface area (Å²) in [7, 11) is 0. The van der Waals surface area contributed by atoms with Crippen molar-refractivity contribution in [3.8, 4) is 17.1 Å². The molecule has 0 atom stereocenters. The van der Waals surface area contributed by atoms with Crippen LogP contribution in [-0.4, -0.2) is 9.55 Å². The van der Waals surface area contributed by atoms with Crippen molar-refractivity contribution >= 4 is 32.6 Å². The quantitative estimate of drug-likeness (QED) is 0.307. The minimum absolute atomic E-state index is 0.946. The molecule has 1 aromatic heterocycles. The van der Waals surface area contributed by atoms with E-state index in [0.717, 1.165) is 28.1 Å². The lowest BCUT2D eigenvalue weighted by Gasteiger charge is -2.12. The fourth-order valence-electron chi connectivity index (χ4n) is 4.26. The van der Waals surface area contributed by atoms with Crippen LogP contribution in [0.2, 0.25) is 0 Å². The predicted molar refractivity (Wildman–Crippen MR) is 120 cm³/mol. The Labute approximate surface area is 168 Å². The summed E-state index contributed by atoms with van der Waals surface area (Å²) in [4.78, 5) is 5.19. The van der Waals surface area contributed by atoms with Gasteiger partial charge in [-0.15, -0.1) is 0 Å². The van der Waals surface area contributed by atoms with E-state index in [1.807, 2.05) is 18.2 Å². The average Bonchev–Trinajstić information content (AvgIpc) is 3.22. The number of imidazole rings is 1. The second-order valence-corrected chi connectivity index (χ2v) is 7.18. The average molecular weight is 369 g/mol. The molecular weight excluding hydrogens is 352 g/mol. The number of aromatic nitrogens is 2. The first kappa shape index (κ1) is 16.1. The highest BCUT2D eigenvalue weighted by molar-refractivity contribution is 6.24. The summed E-state index contributed by atoms with van der Waals surface area (Å²) in [6.07, 6.45) is 0. The lowest BCUT2D eigenvalue weighted by molar-refractivity contribution is 1.11. The van der Waals surface area contributed by atoms with Gasteiger partial charge in [-0.05, 0) is 29.0 Å². The van der Waals surface area contributed by atoms with Crippen LogP contribution < -0.4 is 0 Å². The van der Waals surface area contributed by atoms with Gasteiger partial charge in [-0.25, -0.2) is 4.98 Å². The number of fused-ring (bicyclic) bond motifs is 6. The Morgan fingerprint density at radius 3 is 1.90 bits per heavy atom. The van der Waals surface area contributed by atoms with Crippen molar-refractivity contribution < 1.29 is 0 Å². The molecule has 135 valence electrons. The zero-order valence-corrected chi connectivity index (χ0v) is 15.7. The SMILES string of the molecule is [c]1ccc(-c2nc3c4ccccc4c4ccccc4c3n2-c2ccccc2)cc1. The van der Waals surface area contributed by atoms with Crippen molar-refractivity contribution in [1.29, 1.82) is 0 Å². The molecule has 0 unspecified atom stereocenters. The molecule has 0 amide bonds. The Kier molecular flexibility index (Phi) is 3.50. The van der Waals surface area contributed by atoms with Gasteiger partial charge in [0.1, 0.15) is 5.82 Å². The topological polar surface area (TPSA) is 17.8 Å². The molecule has 0 aliphatic rings. The van der Waals surface area contributed by atoms with Gasteiger partial charge < -0.3 is 0 Å². The molecule has 1 heterocycles. The maximum Gasteiger partial charge on any atom is 0.145 e. The lowest BCUT2D eigenvalue weighted by Crippen LogP contribution is -1.97. The molecule has 5 aromatic carbocycles. The van der Waals surface area contributed by atoms with E-state index in [4.69, 9.17) is 4.98 Å². The first-order valence-corrected chi connectivity index (χ1v) is 9.75. The largest absolute Gasteiger partial charge is 0.292 e. The van der Waals surface area contributed by atoms with Crippen molar-refractivity contribution in [2.45, 2.75) is 0 Å². The van der Waals surface area contributed by atoms with Gasteiger partial charge in [-0.1, -0.05) is 91.0 Å². The summed E-state index contributed by atoms with van der Waals surface area (Å²) < 4.78 is 2.29. The van der Waals surface area contributed by atoms with Crippen LogP contribution in [0.15, 0.2) is 103 Å². The maximum absolute atomic E-state index is 5.19. The zero-order valence-electron chi connectivity index (χ0n) is 15.7. The monoisotopic (exact) mass is 369 g/mol. The zero-order chi connectivity index (χ0) is 19.2. The number of hydrogen-bond donors (Lipinski definition) is 0. The molecule has 0 bridgehead atoms. The molecule has 2 nitrogen and oxygen atoms in total. The maximum atomic E-state index is 5.19. The summed E-state index contributed by atoms with van der Waals surface area (Å²) in [6, 6.07) is 38.8. The van der Waals surface area contributed by atoms with Gasteiger partial charge in [0.25, 0.3) is 0 Å². The van der Waals surface area contributed by atoms with Gasteiger partial charge in [-0.3, -0.25) is 4.57 Å². The van der Waals surface area contributed by atoms with E-state index in [9.17, 15) is 0 Å². The fraction of sp³-hybridized carbons (Fsp3) is 0. The third kappa shape index (κ3) is 2.39. The Bertz CT molecular complexity index is 1480. The van der Waals surface area contributed by atoms with Gasteiger partial charge in [0.15, 0.2) is 0 Å². The van der Waals surface area contributed by atoms with Crippen LogP contribution >= 0.6 is 0 Å². The van der Waals surface area contributed by atoms with E-state index < -0.39 is 0 Å². The van der Waals surface area contributed by atoms with Crippen molar-refractivity contribution in [1.82, 2.24) is 9.55 Å². The van der Waals surface area contributed by atoms with Crippen LogP contribution in [-0.2, 0) is 0 Å². The second kappa shape index (κ2) is 6.32. The third-order valence-electron chi connectivity index (χ3n) is 5.52. The summed E-state index contributed by atoms with van der Waals surface area (Å²) in [5, 5.41) is 4.88. The first-order valence-electron chi connectivity index (χ1n) is 9.75. The van der Waals surface area contributed by atoms with Crippen molar-refractivity contribution in [2.24, 2.45) is 0 Å². The molecule has 6 rings (SSSR count). The van der Waals surface area contributed by atoms with Crippen LogP contribution in [0.1, 0.15) is 0 Å². The lowest BCUT2D eigenvalue weighted by atomic mass is 10.00. The summed E-state index contributed by atoms with van der Waals surface area (Å²) in [5.41, 5.74) is 4.37. The molecule has 0 spiro atoms. The van der Waals surface area contributed by atoms with E-state index in [0.29, 0.717) is 0 Å². The van der Waals surface area contributed by atoms with Crippen molar-refractivity contribution in [3.63, 3.8) is 0 Å². The Balaban J connectivity index is 1.90. The van der Waals surface area contributed by atoms with Gasteiger partial charge in [0.05, 0.1) is 11.0 Å². The minimum Gasteiger partial charge on any atom is -0.292 e. The minimum atomic E-state index is 0.946. The van der Waals surface area contributed by atoms with Gasteiger partial charge in [-0.2, -0.15) is 0 Å². The number of nitrogens with zero attached hydrogens (tertiary/aromatic N) is 2. The molecule has 2 heteroatoms. The van der Waals surface area contributed by atoms with Crippen LogP contribution in [0.3, 0.4) is 0 Å². The van der Waals surface area contributed by atoms with E-state index >= 15 is 0 Å². The highest BCUT2D eigenvalue weighted by Gasteiger charge is 2.19. The van der Waals surface area contributed by atoms with Crippen LogP contribution in [0, 0.1) is 6.07 Å². The summed E-state index contributed by atoms with van der Waals surface area (Å²) in [5.74, 6) is 0.946. The number of para-hydroxylation sites is 1. The van der Waals surface area contributed by atoms with Crippen LogP contribution in [0.25, 0.3) is 49.7 Å². The van der Waals surface area contributed by atoms with Crippen molar-refractivity contribution in [3.05, 3.63) is 109 Å². The van der Waals surface area contributed by atoms with E-state index in [2.05, 4.69) is 95.6 Å². The molecule has 0 aliphatic carbocycles. The Hall–Kier alpha value is -3.91. The molecule has 0 fully saturated rings. The highest BCUT2D eigenvalue weighted by Crippen LogP contribution is 2.38.